The zero-order chi connectivity index (χ0) is 13.4. The molecule has 4 nitrogen and oxygen atoms in total. The maximum atomic E-state index is 9.73. The highest BCUT2D eigenvalue weighted by Crippen LogP contribution is 2.51. The molecule has 4 heteroatoms. The number of hydrogen-bond donors (Lipinski definition) is 2. The second-order valence-electron chi connectivity index (χ2n) is 5.57. The van der Waals surface area contributed by atoms with Crippen LogP contribution in [0.3, 0.4) is 0 Å². The van der Waals surface area contributed by atoms with Gasteiger partial charge in [-0.25, -0.2) is 0 Å². The summed E-state index contributed by atoms with van der Waals surface area (Å²) in [5.41, 5.74) is 0.496. The standard InChI is InChI=1S/C14H29NO3/c1-4-17-7-8-18-10-13(16)9-15-11-14(5-6-14)12(2)3/h12-13,15-16H,4-11H2,1-3H3. The quantitative estimate of drug-likeness (QED) is 0.551. The van der Waals surface area contributed by atoms with Crippen LogP contribution in [0.25, 0.3) is 0 Å². The van der Waals surface area contributed by atoms with Crippen molar-refractivity contribution in [2.75, 3.05) is 39.5 Å². The highest BCUT2D eigenvalue weighted by atomic mass is 16.5. The van der Waals surface area contributed by atoms with Crippen LogP contribution in [-0.2, 0) is 9.47 Å². The fourth-order valence-electron chi connectivity index (χ4n) is 2.15. The summed E-state index contributed by atoms with van der Waals surface area (Å²) in [6.07, 6.45) is 2.21. The molecule has 0 radical (unpaired) electrons. The first-order chi connectivity index (χ1) is 8.60. The molecule has 0 heterocycles. The Morgan fingerprint density at radius 1 is 1.22 bits per heavy atom. The van der Waals surface area contributed by atoms with Crippen molar-refractivity contribution in [3.05, 3.63) is 0 Å². The van der Waals surface area contributed by atoms with E-state index in [0.29, 0.717) is 38.4 Å². The minimum atomic E-state index is -0.422. The summed E-state index contributed by atoms with van der Waals surface area (Å²) in [5, 5.41) is 13.1. The molecule has 0 aromatic heterocycles. The first-order valence-electron chi connectivity index (χ1n) is 7.15. The van der Waals surface area contributed by atoms with Gasteiger partial charge in [-0.3, -0.25) is 0 Å². The summed E-state index contributed by atoms with van der Waals surface area (Å²) >= 11 is 0. The van der Waals surface area contributed by atoms with E-state index in [4.69, 9.17) is 9.47 Å². The van der Waals surface area contributed by atoms with Gasteiger partial charge in [0.1, 0.15) is 0 Å². The maximum absolute atomic E-state index is 9.73. The summed E-state index contributed by atoms with van der Waals surface area (Å²) in [6, 6.07) is 0. The summed E-state index contributed by atoms with van der Waals surface area (Å²) in [4.78, 5) is 0. The van der Waals surface area contributed by atoms with Gasteiger partial charge in [0, 0.05) is 19.7 Å². The second kappa shape index (κ2) is 8.10. The third-order valence-corrected chi connectivity index (χ3v) is 3.86. The molecule has 0 saturated heterocycles. The van der Waals surface area contributed by atoms with Crippen LogP contribution in [0, 0.1) is 11.3 Å². The molecule has 1 rings (SSSR count). The maximum Gasteiger partial charge on any atom is 0.0897 e. The number of aliphatic hydroxyl groups is 1. The molecule has 1 unspecified atom stereocenters. The topological polar surface area (TPSA) is 50.7 Å². The SMILES string of the molecule is CCOCCOCC(O)CNCC1(C(C)C)CC1. The summed E-state index contributed by atoms with van der Waals surface area (Å²) in [6.45, 7) is 10.4. The van der Waals surface area contributed by atoms with E-state index in [1.165, 1.54) is 12.8 Å². The smallest absolute Gasteiger partial charge is 0.0897 e. The highest BCUT2D eigenvalue weighted by Gasteiger charge is 2.44. The van der Waals surface area contributed by atoms with E-state index in [0.717, 1.165) is 12.5 Å². The Morgan fingerprint density at radius 3 is 2.44 bits per heavy atom. The van der Waals surface area contributed by atoms with Crippen LogP contribution in [0.15, 0.2) is 0 Å². The highest BCUT2D eigenvalue weighted by molar-refractivity contribution is 4.97. The van der Waals surface area contributed by atoms with Gasteiger partial charge in [-0.15, -0.1) is 0 Å². The molecule has 0 spiro atoms. The third kappa shape index (κ3) is 5.65. The molecular formula is C14H29NO3. The lowest BCUT2D eigenvalue weighted by atomic mass is 9.92. The van der Waals surface area contributed by atoms with Crippen LogP contribution in [0.5, 0.6) is 0 Å². The van der Waals surface area contributed by atoms with Crippen LogP contribution in [0.4, 0.5) is 0 Å². The number of ether oxygens (including phenoxy) is 2. The Bertz CT molecular complexity index is 217. The van der Waals surface area contributed by atoms with Gasteiger partial charge in [-0.2, -0.15) is 0 Å². The van der Waals surface area contributed by atoms with Crippen LogP contribution in [-0.4, -0.2) is 50.7 Å². The van der Waals surface area contributed by atoms with Crippen molar-refractivity contribution in [3.8, 4) is 0 Å². The van der Waals surface area contributed by atoms with Crippen molar-refractivity contribution < 1.29 is 14.6 Å². The van der Waals surface area contributed by atoms with Crippen molar-refractivity contribution in [1.29, 1.82) is 0 Å². The van der Waals surface area contributed by atoms with Crippen molar-refractivity contribution in [1.82, 2.24) is 5.32 Å². The van der Waals surface area contributed by atoms with E-state index in [1.807, 2.05) is 6.92 Å². The average molecular weight is 259 g/mol. The zero-order valence-electron chi connectivity index (χ0n) is 12.1. The lowest BCUT2D eigenvalue weighted by Crippen LogP contribution is -2.35. The second-order valence-corrected chi connectivity index (χ2v) is 5.57. The predicted octanol–water partition coefficient (Wildman–Crippen LogP) is 1.43. The normalized spacial score (nSPS) is 19.2. The van der Waals surface area contributed by atoms with Crippen molar-refractivity contribution in [2.24, 2.45) is 11.3 Å². The van der Waals surface area contributed by atoms with Crippen LogP contribution in [0.2, 0.25) is 0 Å². The van der Waals surface area contributed by atoms with Gasteiger partial charge < -0.3 is 19.9 Å². The molecule has 2 N–H and O–H groups in total. The van der Waals surface area contributed by atoms with Crippen molar-refractivity contribution in [3.63, 3.8) is 0 Å². The van der Waals surface area contributed by atoms with Gasteiger partial charge in [0.2, 0.25) is 0 Å². The van der Waals surface area contributed by atoms with Crippen LogP contribution in [0.1, 0.15) is 33.6 Å². The Morgan fingerprint density at radius 2 is 1.89 bits per heavy atom. The van der Waals surface area contributed by atoms with Crippen molar-refractivity contribution >= 4 is 0 Å². The molecule has 0 aromatic carbocycles. The minimum absolute atomic E-state index is 0.384. The van der Waals surface area contributed by atoms with Crippen LogP contribution < -0.4 is 5.32 Å². The van der Waals surface area contributed by atoms with Gasteiger partial charge >= 0.3 is 0 Å². The molecule has 18 heavy (non-hydrogen) atoms. The minimum Gasteiger partial charge on any atom is -0.389 e. The summed E-state index contributed by atoms with van der Waals surface area (Å²) in [5.74, 6) is 0.726. The number of hydrogen-bond acceptors (Lipinski definition) is 4. The fraction of sp³-hybridized carbons (Fsp3) is 1.00. The molecular weight excluding hydrogens is 230 g/mol. The van der Waals surface area contributed by atoms with Gasteiger partial charge in [-0.05, 0) is 31.1 Å². The lowest BCUT2D eigenvalue weighted by Gasteiger charge is -2.21. The van der Waals surface area contributed by atoms with Gasteiger partial charge in [0.25, 0.3) is 0 Å². The van der Waals surface area contributed by atoms with Gasteiger partial charge in [-0.1, -0.05) is 13.8 Å². The van der Waals surface area contributed by atoms with E-state index in [-0.39, 0.29) is 0 Å². The lowest BCUT2D eigenvalue weighted by molar-refractivity contribution is 0.00606. The molecule has 0 bridgehead atoms. The molecule has 1 aliphatic rings. The number of aliphatic hydroxyl groups excluding tert-OH is 1. The first kappa shape index (κ1) is 15.9. The molecule has 1 aliphatic carbocycles. The summed E-state index contributed by atoms with van der Waals surface area (Å²) in [7, 11) is 0. The fourth-order valence-corrected chi connectivity index (χ4v) is 2.15. The molecule has 1 saturated carbocycles. The molecule has 0 amide bonds. The molecule has 1 fully saturated rings. The average Bonchev–Trinajstić information content (AvgIpc) is 3.10. The van der Waals surface area contributed by atoms with Crippen LogP contribution >= 0.6 is 0 Å². The zero-order valence-corrected chi connectivity index (χ0v) is 12.1. The Kier molecular flexibility index (Phi) is 7.15. The van der Waals surface area contributed by atoms with Gasteiger partial charge in [0.15, 0.2) is 0 Å². The molecule has 0 aromatic rings. The molecule has 1 atom stereocenters. The van der Waals surface area contributed by atoms with E-state index >= 15 is 0 Å². The first-order valence-corrected chi connectivity index (χ1v) is 7.15. The summed E-state index contributed by atoms with van der Waals surface area (Å²) < 4.78 is 10.5. The van der Waals surface area contributed by atoms with Gasteiger partial charge in [0.05, 0.1) is 25.9 Å². The Labute approximate surface area is 111 Å². The molecule has 0 aliphatic heterocycles. The third-order valence-electron chi connectivity index (χ3n) is 3.86. The van der Waals surface area contributed by atoms with E-state index in [1.54, 1.807) is 0 Å². The number of nitrogens with one attached hydrogen (secondary N) is 1. The monoisotopic (exact) mass is 259 g/mol. The van der Waals surface area contributed by atoms with E-state index in [2.05, 4.69) is 19.2 Å². The number of rotatable bonds is 11. The largest absolute Gasteiger partial charge is 0.389 e. The van der Waals surface area contributed by atoms with E-state index < -0.39 is 6.10 Å². The predicted molar refractivity (Wildman–Crippen MR) is 72.7 cm³/mol. The van der Waals surface area contributed by atoms with E-state index in [9.17, 15) is 5.11 Å². The van der Waals surface area contributed by atoms with Crippen molar-refractivity contribution in [2.45, 2.75) is 39.7 Å². The Balaban J connectivity index is 1.95. The molecule has 108 valence electrons. The Hall–Kier alpha value is -0.160.